The lowest BCUT2D eigenvalue weighted by atomic mass is 10.1. The van der Waals surface area contributed by atoms with Gasteiger partial charge in [-0.05, 0) is 59.7 Å². The highest BCUT2D eigenvalue weighted by atomic mass is 32.2. The lowest BCUT2D eigenvalue weighted by Crippen LogP contribution is -2.24. The Morgan fingerprint density at radius 3 is 1.42 bits per heavy atom. The maximum Gasteiger partial charge on any atom is 0.295 e. The monoisotopic (exact) mass is 840 g/mol. The van der Waals surface area contributed by atoms with Crippen LogP contribution in [0.3, 0.4) is 0 Å². The van der Waals surface area contributed by atoms with E-state index in [2.05, 4.69) is 51.2 Å². The second-order valence-corrected chi connectivity index (χ2v) is 15.0. The summed E-state index contributed by atoms with van der Waals surface area (Å²) >= 11 is -2.49. The third-order valence-electron chi connectivity index (χ3n) is 8.31. The van der Waals surface area contributed by atoms with E-state index in [1.165, 1.54) is 30.4 Å². The first kappa shape index (κ1) is 42.0. The topological polar surface area (TPSA) is 264 Å². The van der Waals surface area contributed by atoms with Gasteiger partial charge in [-0.15, -0.1) is 0 Å². The fourth-order valence-electron chi connectivity index (χ4n) is 5.41. The zero-order valence-electron chi connectivity index (χ0n) is 31.6. The molecule has 0 fully saturated rings. The lowest BCUT2D eigenvalue weighted by Gasteiger charge is -2.18. The molecule has 21 heteroatoms. The molecule has 6 aromatic rings. The van der Waals surface area contributed by atoms with Gasteiger partial charge >= 0.3 is 0 Å². The molecular weight excluding hydrogens is 801 g/mol. The highest BCUT2D eigenvalue weighted by Gasteiger charge is 2.18. The van der Waals surface area contributed by atoms with Crippen molar-refractivity contribution in [3.05, 3.63) is 108 Å². The van der Waals surface area contributed by atoms with Gasteiger partial charge in [0, 0.05) is 49.9 Å². The molecule has 306 valence electrons. The number of aliphatic hydroxyl groups is 2. The summed E-state index contributed by atoms with van der Waals surface area (Å²) in [6.45, 7) is 0.181. The molecule has 6 rings (SSSR count). The summed E-state index contributed by atoms with van der Waals surface area (Å²) in [7, 11) is -1.39. The molecular formula is C38H40N12O7S2. The largest absolute Gasteiger partial charge is 0.395 e. The first-order chi connectivity index (χ1) is 28.4. The molecule has 0 bridgehead atoms. The normalized spacial score (nSPS) is 11.9. The van der Waals surface area contributed by atoms with Gasteiger partial charge in [-0.1, -0.05) is 60.7 Å². The van der Waals surface area contributed by atoms with Crippen LogP contribution in [0.5, 0.6) is 0 Å². The second kappa shape index (κ2) is 19.2. The minimum absolute atomic E-state index is 0.0241. The summed E-state index contributed by atoms with van der Waals surface area (Å²) in [5.74, 6) is 1.01. The van der Waals surface area contributed by atoms with Gasteiger partial charge in [0.05, 0.1) is 18.1 Å². The highest BCUT2D eigenvalue weighted by molar-refractivity contribution is 7.86. The molecule has 8 N–H and O–H groups in total. The smallest absolute Gasteiger partial charge is 0.295 e. The molecule has 0 aliphatic carbocycles. The Balaban J connectivity index is 1.27. The lowest BCUT2D eigenvalue weighted by molar-refractivity contribution is 0.303. The molecule has 0 aliphatic heterocycles. The molecule has 0 saturated heterocycles. The average molecular weight is 841 g/mol. The van der Waals surface area contributed by atoms with Crippen LogP contribution >= 0.6 is 0 Å². The highest BCUT2D eigenvalue weighted by Crippen LogP contribution is 2.28. The number of hydrogen-bond donors (Lipinski definition) is 8. The van der Waals surface area contributed by atoms with Crippen LogP contribution in [0.4, 0.5) is 58.4 Å². The SMILES string of the molecule is CN(CCO)c1nc(Nc2ccccc2)nc(Nc2ccc(/C=C/c3ccc(Nc4nc(Nc5ccccc5)nc(N(C)CCO)n4)cc3S(=O)(=O)O)c(S(=O)O)c2)n1. The van der Waals surface area contributed by atoms with E-state index in [0.29, 0.717) is 11.4 Å². The number of para-hydroxylation sites is 2. The van der Waals surface area contributed by atoms with Gasteiger partial charge in [0.15, 0.2) is 11.1 Å². The summed E-state index contributed by atoms with van der Waals surface area (Å²) in [5.41, 5.74) is 2.34. The van der Waals surface area contributed by atoms with Gasteiger partial charge < -0.3 is 45.8 Å². The fraction of sp³-hybridized carbons (Fsp3) is 0.158. The molecule has 0 spiro atoms. The molecule has 19 nitrogen and oxygen atoms in total. The van der Waals surface area contributed by atoms with E-state index >= 15 is 0 Å². The van der Waals surface area contributed by atoms with E-state index in [1.54, 1.807) is 42.1 Å². The number of aromatic nitrogens is 6. The Kier molecular flexibility index (Phi) is 13.7. The number of hydrogen-bond acceptors (Lipinski definition) is 17. The van der Waals surface area contributed by atoms with Crippen LogP contribution in [0.2, 0.25) is 0 Å². The molecule has 0 amide bonds. The van der Waals surface area contributed by atoms with Gasteiger partial charge in [-0.2, -0.15) is 38.3 Å². The molecule has 1 atom stereocenters. The third-order valence-corrected chi connectivity index (χ3v) is 9.95. The summed E-state index contributed by atoms with van der Waals surface area (Å²) in [6, 6.07) is 27.1. The van der Waals surface area contributed by atoms with E-state index in [4.69, 9.17) is 0 Å². The maximum absolute atomic E-state index is 12.6. The van der Waals surface area contributed by atoms with Crippen LogP contribution in [0.25, 0.3) is 12.2 Å². The van der Waals surface area contributed by atoms with Crippen molar-refractivity contribution >= 4 is 91.8 Å². The number of likely N-dealkylation sites (N-methyl/N-ethyl adjacent to an activating group) is 2. The Hall–Kier alpha value is -6.62. The Morgan fingerprint density at radius 2 is 1.00 bits per heavy atom. The molecule has 59 heavy (non-hydrogen) atoms. The van der Waals surface area contributed by atoms with Crippen LogP contribution < -0.4 is 31.1 Å². The summed E-state index contributed by atoms with van der Waals surface area (Å²) in [5, 5.41) is 31.2. The molecule has 0 radical (unpaired) electrons. The van der Waals surface area contributed by atoms with Crippen LogP contribution in [-0.2, 0) is 21.2 Å². The molecule has 0 saturated carbocycles. The van der Waals surface area contributed by atoms with Crippen LogP contribution in [0.1, 0.15) is 11.1 Å². The van der Waals surface area contributed by atoms with Crippen molar-refractivity contribution in [2.45, 2.75) is 9.79 Å². The van der Waals surface area contributed by atoms with E-state index in [0.717, 1.165) is 5.69 Å². The molecule has 4 aromatic carbocycles. The standard InChI is InChI=1S/C38H40N12O7S2/c1-49(19-21-51)37-45-33(39-27-9-5-3-6-10-27)43-35(47-37)41-29-17-15-25(31(23-29)58(53)54)13-14-26-16-18-30(24-32(26)59(55,56)57)42-36-44-34(40-28-11-7-4-8-12-28)46-38(48-36)50(2)20-22-52/h3-18,23-24,51-52H,19-22H2,1-2H3,(H,53,54)(H,55,56,57)(H2,39,41,43,45,47)(H2,40,42,44,46,48)/b14-13+. The van der Waals surface area contributed by atoms with Crippen molar-refractivity contribution in [2.75, 3.05) is 71.5 Å². The third kappa shape index (κ3) is 11.5. The molecule has 2 heterocycles. The number of nitrogens with one attached hydrogen (secondary N) is 4. The van der Waals surface area contributed by atoms with Gasteiger partial charge in [0.2, 0.25) is 35.7 Å². The Bertz CT molecular complexity index is 2550. The zero-order chi connectivity index (χ0) is 41.9. The van der Waals surface area contributed by atoms with E-state index in [-0.39, 0.29) is 83.7 Å². The van der Waals surface area contributed by atoms with E-state index in [9.17, 15) is 31.9 Å². The number of benzene rings is 4. The zero-order valence-corrected chi connectivity index (χ0v) is 33.3. The van der Waals surface area contributed by atoms with Gasteiger partial charge in [0.1, 0.15) is 4.90 Å². The van der Waals surface area contributed by atoms with Gasteiger partial charge in [-0.3, -0.25) is 4.55 Å². The average Bonchev–Trinajstić information content (AvgIpc) is 3.21. The van der Waals surface area contributed by atoms with Crippen molar-refractivity contribution in [1.29, 1.82) is 0 Å². The number of aliphatic hydroxyl groups excluding tert-OH is 2. The summed E-state index contributed by atoms with van der Waals surface area (Å²) in [4.78, 5) is 29.4. The van der Waals surface area contributed by atoms with Crippen LogP contribution in [0.15, 0.2) is 107 Å². The minimum atomic E-state index is -4.79. The predicted octanol–water partition coefficient (Wildman–Crippen LogP) is 4.89. The fourth-order valence-corrected chi connectivity index (χ4v) is 6.68. The molecule has 0 aliphatic rings. The van der Waals surface area contributed by atoms with Crippen molar-refractivity contribution < 1.29 is 31.9 Å². The van der Waals surface area contributed by atoms with Gasteiger partial charge in [0.25, 0.3) is 10.1 Å². The minimum Gasteiger partial charge on any atom is -0.395 e. The van der Waals surface area contributed by atoms with Crippen molar-refractivity contribution in [1.82, 2.24) is 29.9 Å². The number of rotatable bonds is 18. The van der Waals surface area contributed by atoms with Crippen molar-refractivity contribution in [3.8, 4) is 0 Å². The molecule has 2 aromatic heterocycles. The van der Waals surface area contributed by atoms with E-state index in [1.807, 2.05) is 60.7 Å². The molecule has 1 unspecified atom stereocenters. The van der Waals surface area contributed by atoms with E-state index < -0.39 is 26.1 Å². The number of anilines is 10. The quantitative estimate of drug-likeness (QED) is 0.0325. The van der Waals surface area contributed by atoms with Crippen LogP contribution in [0, 0.1) is 0 Å². The van der Waals surface area contributed by atoms with Crippen LogP contribution in [-0.4, -0.2) is 102 Å². The Labute approximate surface area is 342 Å². The van der Waals surface area contributed by atoms with Gasteiger partial charge in [-0.25, -0.2) is 4.21 Å². The maximum atomic E-state index is 12.6. The summed E-state index contributed by atoms with van der Waals surface area (Å²) in [6.07, 6.45) is 2.82. The number of nitrogens with zero attached hydrogens (tertiary/aromatic N) is 8. The summed E-state index contributed by atoms with van der Waals surface area (Å²) < 4.78 is 58.4. The van der Waals surface area contributed by atoms with Crippen molar-refractivity contribution in [3.63, 3.8) is 0 Å². The first-order valence-electron chi connectivity index (χ1n) is 17.8. The predicted molar refractivity (Wildman–Crippen MR) is 227 cm³/mol. The Morgan fingerprint density at radius 1 is 0.593 bits per heavy atom. The van der Waals surface area contributed by atoms with Crippen molar-refractivity contribution in [2.24, 2.45) is 0 Å². The first-order valence-corrected chi connectivity index (χ1v) is 20.3. The second-order valence-electron chi connectivity index (χ2n) is 12.7.